The van der Waals surface area contributed by atoms with Crippen LogP contribution >= 0.6 is 0 Å². The van der Waals surface area contributed by atoms with Crippen LogP contribution in [-0.4, -0.2) is 27.1 Å². The molecule has 0 amide bonds. The van der Waals surface area contributed by atoms with Crippen LogP contribution in [0.15, 0.2) is 12.3 Å². The molecule has 0 saturated heterocycles. The quantitative estimate of drug-likeness (QED) is 0.699. The van der Waals surface area contributed by atoms with Gasteiger partial charge in [0.2, 0.25) is 5.95 Å². The Balaban J connectivity index is 2.82. The van der Waals surface area contributed by atoms with Crippen molar-refractivity contribution in [2.45, 2.75) is 12.5 Å². The van der Waals surface area contributed by atoms with E-state index in [4.69, 9.17) is 16.8 Å². The fourth-order valence-electron chi connectivity index (χ4n) is 0.964. The van der Waals surface area contributed by atoms with Crippen molar-refractivity contribution in [1.29, 1.82) is 5.26 Å². The standard InChI is InChI=1S/C10H8N4O2/c1-2-3-8(9(15)16)14-10-12-5-4-7(6-11)13-10/h1,4-5,8H,3H2,(H,15,16)(H,12,13,14). The Bertz CT molecular complexity index is 472. The molecule has 0 fully saturated rings. The van der Waals surface area contributed by atoms with E-state index in [1.165, 1.54) is 12.3 Å². The molecule has 80 valence electrons. The Morgan fingerprint density at radius 1 is 1.75 bits per heavy atom. The van der Waals surface area contributed by atoms with Gasteiger partial charge in [0.05, 0.1) is 0 Å². The smallest absolute Gasteiger partial charge is 0.327 e. The second-order valence-corrected chi connectivity index (χ2v) is 2.82. The fraction of sp³-hybridized carbons (Fsp3) is 0.200. The van der Waals surface area contributed by atoms with Gasteiger partial charge in [0.15, 0.2) is 0 Å². The van der Waals surface area contributed by atoms with E-state index in [-0.39, 0.29) is 18.1 Å². The molecule has 1 heterocycles. The molecule has 0 spiro atoms. The van der Waals surface area contributed by atoms with Gasteiger partial charge in [-0.2, -0.15) is 5.26 Å². The maximum Gasteiger partial charge on any atom is 0.327 e. The lowest BCUT2D eigenvalue weighted by molar-refractivity contribution is -0.137. The number of hydrogen-bond donors (Lipinski definition) is 2. The molecule has 0 bridgehead atoms. The fourth-order valence-corrected chi connectivity index (χ4v) is 0.964. The molecule has 1 aromatic rings. The average molecular weight is 216 g/mol. The van der Waals surface area contributed by atoms with Gasteiger partial charge in [-0.05, 0) is 6.07 Å². The third kappa shape index (κ3) is 2.96. The third-order valence-corrected chi connectivity index (χ3v) is 1.69. The predicted molar refractivity (Wildman–Crippen MR) is 55.2 cm³/mol. The number of hydrogen-bond acceptors (Lipinski definition) is 5. The van der Waals surface area contributed by atoms with E-state index in [0.717, 1.165) is 0 Å². The number of aliphatic carboxylic acids is 1. The summed E-state index contributed by atoms with van der Waals surface area (Å²) in [7, 11) is 0. The van der Waals surface area contributed by atoms with Gasteiger partial charge in [-0.15, -0.1) is 12.3 Å². The number of carboxylic acid groups (broad SMARTS) is 1. The summed E-state index contributed by atoms with van der Waals surface area (Å²) >= 11 is 0. The van der Waals surface area contributed by atoms with Gasteiger partial charge in [-0.3, -0.25) is 0 Å². The highest BCUT2D eigenvalue weighted by Crippen LogP contribution is 2.04. The second-order valence-electron chi connectivity index (χ2n) is 2.82. The molecule has 1 aromatic heterocycles. The number of nitrogens with one attached hydrogen (secondary N) is 1. The Morgan fingerprint density at radius 3 is 3.06 bits per heavy atom. The highest BCUT2D eigenvalue weighted by Gasteiger charge is 2.16. The first kappa shape index (κ1) is 11.5. The van der Waals surface area contributed by atoms with Crippen LogP contribution in [-0.2, 0) is 4.79 Å². The molecule has 0 aromatic carbocycles. The minimum absolute atomic E-state index is 0.00940. The summed E-state index contributed by atoms with van der Waals surface area (Å²) in [6.07, 6.45) is 6.40. The molecule has 0 aliphatic carbocycles. The third-order valence-electron chi connectivity index (χ3n) is 1.69. The first-order valence-electron chi connectivity index (χ1n) is 4.33. The van der Waals surface area contributed by atoms with Crippen LogP contribution in [0.3, 0.4) is 0 Å². The topological polar surface area (TPSA) is 98.9 Å². The lowest BCUT2D eigenvalue weighted by atomic mass is 10.2. The molecule has 0 saturated carbocycles. The normalized spacial score (nSPS) is 10.9. The van der Waals surface area contributed by atoms with Crippen molar-refractivity contribution in [3.63, 3.8) is 0 Å². The zero-order valence-corrected chi connectivity index (χ0v) is 8.21. The summed E-state index contributed by atoms with van der Waals surface area (Å²) < 4.78 is 0. The van der Waals surface area contributed by atoms with Crippen LogP contribution in [0.1, 0.15) is 12.1 Å². The molecule has 0 radical (unpaired) electrons. The minimum atomic E-state index is -1.09. The first-order valence-corrected chi connectivity index (χ1v) is 4.33. The molecule has 2 N–H and O–H groups in total. The van der Waals surface area contributed by atoms with Crippen LogP contribution in [0.25, 0.3) is 0 Å². The Labute approximate surface area is 92.0 Å². The maximum absolute atomic E-state index is 10.8. The van der Waals surface area contributed by atoms with Crippen molar-refractivity contribution in [3.8, 4) is 18.4 Å². The number of carboxylic acids is 1. The van der Waals surface area contributed by atoms with Crippen molar-refractivity contribution in [2.24, 2.45) is 0 Å². The molecule has 1 rings (SSSR count). The monoisotopic (exact) mass is 216 g/mol. The van der Waals surface area contributed by atoms with E-state index in [2.05, 4.69) is 21.2 Å². The molecule has 0 aliphatic heterocycles. The molecule has 6 heteroatoms. The predicted octanol–water partition coefficient (Wildman–Crippen LogP) is 0.237. The summed E-state index contributed by atoms with van der Waals surface area (Å²) in [5.74, 6) is 1.21. The minimum Gasteiger partial charge on any atom is -0.480 e. The molecule has 6 nitrogen and oxygen atoms in total. The molecule has 16 heavy (non-hydrogen) atoms. The van der Waals surface area contributed by atoms with Gasteiger partial charge in [0.25, 0.3) is 0 Å². The van der Waals surface area contributed by atoms with Crippen LogP contribution in [0.2, 0.25) is 0 Å². The maximum atomic E-state index is 10.8. The summed E-state index contributed by atoms with van der Waals surface area (Å²) in [5.41, 5.74) is 0.155. The van der Waals surface area contributed by atoms with E-state index in [9.17, 15) is 4.79 Å². The van der Waals surface area contributed by atoms with Crippen molar-refractivity contribution in [3.05, 3.63) is 18.0 Å². The lowest BCUT2D eigenvalue weighted by Gasteiger charge is -2.10. The number of terminal acetylenes is 1. The number of nitrogens with zero attached hydrogens (tertiary/aromatic N) is 3. The molecule has 1 atom stereocenters. The average Bonchev–Trinajstić information content (AvgIpc) is 2.28. The van der Waals surface area contributed by atoms with Crippen molar-refractivity contribution in [2.75, 3.05) is 5.32 Å². The van der Waals surface area contributed by atoms with Gasteiger partial charge in [-0.25, -0.2) is 14.8 Å². The lowest BCUT2D eigenvalue weighted by Crippen LogP contribution is -2.29. The molecule has 0 aliphatic rings. The zero-order valence-electron chi connectivity index (χ0n) is 8.21. The second kappa shape index (κ2) is 5.32. The van der Waals surface area contributed by atoms with Gasteiger partial charge in [0, 0.05) is 12.6 Å². The van der Waals surface area contributed by atoms with Gasteiger partial charge in [0.1, 0.15) is 17.8 Å². The molecular formula is C10H8N4O2. The van der Waals surface area contributed by atoms with E-state index in [0.29, 0.717) is 0 Å². The van der Waals surface area contributed by atoms with E-state index in [1.807, 2.05) is 6.07 Å². The van der Waals surface area contributed by atoms with E-state index in [1.54, 1.807) is 0 Å². The SMILES string of the molecule is C#CCC(Nc1nccc(C#N)n1)C(=O)O. The van der Waals surface area contributed by atoms with E-state index >= 15 is 0 Å². The summed E-state index contributed by atoms with van der Waals surface area (Å²) in [6, 6.07) is 2.28. The number of rotatable bonds is 4. The Morgan fingerprint density at radius 2 is 2.50 bits per heavy atom. The van der Waals surface area contributed by atoms with Crippen LogP contribution < -0.4 is 5.32 Å². The van der Waals surface area contributed by atoms with Gasteiger partial charge >= 0.3 is 5.97 Å². The van der Waals surface area contributed by atoms with Crippen molar-refractivity contribution < 1.29 is 9.90 Å². The first-order chi connectivity index (χ1) is 7.67. The Hall–Kier alpha value is -2.60. The highest BCUT2D eigenvalue weighted by atomic mass is 16.4. The largest absolute Gasteiger partial charge is 0.480 e. The van der Waals surface area contributed by atoms with Crippen LogP contribution in [0.5, 0.6) is 0 Å². The van der Waals surface area contributed by atoms with Crippen molar-refractivity contribution in [1.82, 2.24) is 9.97 Å². The van der Waals surface area contributed by atoms with Crippen LogP contribution in [0.4, 0.5) is 5.95 Å². The summed E-state index contributed by atoms with van der Waals surface area (Å²) in [6.45, 7) is 0. The summed E-state index contributed by atoms with van der Waals surface area (Å²) in [4.78, 5) is 18.3. The zero-order chi connectivity index (χ0) is 12.0. The van der Waals surface area contributed by atoms with Gasteiger partial charge < -0.3 is 10.4 Å². The molecular weight excluding hydrogens is 208 g/mol. The number of carbonyl (C=O) groups is 1. The highest BCUT2D eigenvalue weighted by molar-refractivity contribution is 5.76. The molecule has 1 unspecified atom stereocenters. The van der Waals surface area contributed by atoms with Crippen LogP contribution in [0, 0.1) is 23.7 Å². The van der Waals surface area contributed by atoms with Crippen molar-refractivity contribution >= 4 is 11.9 Å². The Kier molecular flexibility index (Phi) is 3.82. The number of anilines is 1. The van der Waals surface area contributed by atoms with Gasteiger partial charge in [-0.1, -0.05) is 0 Å². The summed E-state index contributed by atoms with van der Waals surface area (Å²) in [5, 5.41) is 19.9. The number of nitriles is 1. The van der Waals surface area contributed by atoms with E-state index < -0.39 is 12.0 Å². The number of aromatic nitrogens is 2.